The molecule has 0 saturated carbocycles. The standard InChI is InChI=1S/C21H29F2N3O3S/c1-13(2)30(27,28)26-8-3-4-19-20(26)7-9-25(19)15-11-18(24)21(29-12-15)16-10-14(22)5-6-17(16)23/h5-6,10,13,15,18,21H,3-4,7-9,11-12,24H2,1-2H3/t15-,18+,21-/m1/s1. The van der Waals surface area contributed by atoms with Gasteiger partial charge in [-0.1, -0.05) is 0 Å². The van der Waals surface area contributed by atoms with E-state index in [4.69, 9.17) is 10.5 Å². The van der Waals surface area contributed by atoms with E-state index in [2.05, 4.69) is 4.90 Å². The van der Waals surface area contributed by atoms with Crippen molar-refractivity contribution in [3.63, 3.8) is 0 Å². The van der Waals surface area contributed by atoms with Crippen LogP contribution in [0.1, 0.15) is 51.2 Å². The Morgan fingerprint density at radius 2 is 1.93 bits per heavy atom. The Morgan fingerprint density at radius 3 is 2.63 bits per heavy atom. The van der Waals surface area contributed by atoms with Crippen LogP contribution >= 0.6 is 0 Å². The van der Waals surface area contributed by atoms with Crippen molar-refractivity contribution in [2.45, 2.75) is 63.0 Å². The Labute approximate surface area is 176 Å². The topological polar surface area (TPSA) is 75.9 Å². The third-order valence-electron chi connectivity index (χ3n) is 6.35. The van der Waals surface area contributed by atoms with Gasteiger partial charge in [-0.3, -0.25) is 4.31 Å². The maximum Gasteiger partial charge on any atom is 0.237 e. The minimum absolute atomic E-state index is 0.0120. The normalized spacial score (nSPS) is 27.7. The second-order valence-corrected chi connectivity index (χ2v) is 11.0. The monoisotopic (exact) mass is 441 g/mol. The van der Waals surface area contributed by atoms with Gasteiger partial charge >= 0.3 is 0 Å². The van der Waals surface area contributed by atoms with Crippen molar-refractivity contribution >= 4 is 10.0 Å². The molecule has 30 heavy (non-hydrogen) atoms. The highest BCUT2D eigenvalue weighted by Gasteiger charge is 2.41. The van der Waals surface area contributed by atoms with Crippen LogP contribution in [-0.2, 0) is 14.8 Å². The summed E-state index contributed by atoms with van der Waals surface area (Å²) in [7, 11) is -3.36. The van der Waals surface area contributed by atoms with Gasteiger partial charge in [0.1, 0.15) is 17.7 Å². The van der Waals surface area contributed by atoms with Crippen molar-refractivity contribution in [1.82, 2.24) is 9.21 Å². The summed E-state index contributed by atoms with van der Waals surface area (Å²) < 4.78 is 60.9. The molecule has 0 unspecified atom stereocenters. The second kappa shape index (κ2) is 8.09. The van der Waals surface area contributed by atoms with Gasteiger partial charge in [0.2, 0.25) is 10.0 Å². The molecule has 3 aliphatic heterocycles. The molecule has 1 aromatic rings. The maximum atomic E-state index is 14.2. The molecule has 9 heteroatoms. The number of hydrogen-bond acceptors (Lipinski definition) is 5. The van der Waals surface area contributed by atoms with Gasteiger partial charge in [0.15, 0.2) is 0 Å². The Hall–Kier alpha value is -1.71. The average molecular weight is 442 g/mol. The Balaban J connectivity index is 1.53. The summed E-state index contributed by atoms with van der Waals surface area (Å²) in [6.07, 6.45) is 2.14. The molecule has 166 valence electrons. The van der Waals surface area contributed by atoms with Crippen molar-refractivity contribution in [2.24, 2.45) is 5.73 Å². The predicted octanol–water partition coefficient (Wildman–Crippen LogP) is 2.87. The van der Waals surface area contributed by atoms with E-state index in [1.54, 1.807) is 18.2 Å². The van der Waals surface area contributed by atoms with Gasteiger partial charge in [-0.25, -0.2) is 17.2 Å². The molecule has 1 saturated heterocycles. The highest BCUT2D eigenvalue weighted by atomic mass is 32.2. The zero-order chi connectivity index (χ0) is 21.6. The largest absolute Gasteiger partial charge is 0.370 e. The zero-order valence-electron chi connectivity index (χ0n) is 17.4. The van der Waals surface area contributed by atoms with Crippen LogP contribution in [0.15, 0.2) is 29.6 Å². The molecule has 0 bridgehead atoms. The summed E-state index contributed by atoms with van der Waals surface area (Å²) in [5, 5.41) is -0.466. The Morgan fingerprint density at radius 1 is 1.17 bits per heavy atom. The third-order valence-corrected chi connectivity index (χ3v) is 8.56. The first kappa shape index (κ1) is 21.5. The number of nitrogens with two attached hydrogens (primary N) is 1. The van der Waals surface area contributed by atoms with E-state index in [-0.39, 0.29) is 11.6 Å². The fourth-order valence-electron chi connectivity index (χ4n) is 4.81. The van der Waals surface area contributed by atoms with Crippen LogP contribution in [0.5, 0.6) is 0 Å². The van der Waals surface area contributed by atoms with Crippen molar-refractivity contribution in [3.8, 4) is 0 Å². The second-order valence-electron chi connectivity index (χ2n) is 8.58. The van der Waals surface area contributed by atoms with Crippen molar-refractivity contribution < 1.29 is 21.9 Å². The van der Waals surface area contributed by atoms with Crippen molar-refractivity contribution in [1.29, 1.82) is 0 Å². The fourth-order valence-corrected chi connectivity index (χ4v) is 6.20. The van der Waals surface area contributed by atoms with E-state index >= 15 is 0 Å². The molecular formula is C21H29F2N3O3S. The lowest BCUT2D eigenvalue weighted by atomic mass is 9.93. The molecule has 0 aliphatic carbocycles. The third kappa shape index (κ3) is 3.71. The SMILES string of the molecule is CC(C)S(=O)(=O)N1CCCC2=C1CCN2[C@H]1CO[C@H](c2cc(F)ccc2F)[C@@H](N)C1. The van der Waals surface area contributed by atoms with E-state index in [1.807, 2.05) is 0 Å². The Bertz CT molecular complexity index is 951. The molecule has 1 fully saturated rings. The molecular weight excluding hydrogens is 412 g/mol. The number of sulfonamides is 1. The maximum absolute atomic E-state index is 14.2. The molecule has 0 radical (unpaired) electrons. The molecule has 0 amide bonds. The lowest BCUT2D eigenvalue weighted by Crippen LogP contribution is -2.48. The van der Waals surface area contributed by atoms with Gasteiger partial charge in [0.25, 0.3) is 0 Å². The van der Waals surface area contributed by atoms with Gasteiger partial charge < -0.3 is 15.4 Å². The smallest absolute Gasteiger partial charge is 0.237 e. The first-order valence-electron chi connectivity index (χ1n) is 10.5. The summed E-state index contributed by atoms with van der Waals surface area (Å²) in [4.78, 5) is 2.22. The number of ether oxygens (including phenoxy) is 1. The minimum atomic E-state index is -3.36. The molecule has 3 atom stereocenters. The van der Waals surface area contributed by atoms with E-state index in [0.29, 0.717) is 32.5 Å². The quantitative estimate of drug-likeness (QED) is 0.778. The van der Waals surface area contributed by atoms with Gasteiger partial charge in [-0.2, -0.15) is 0 Å². The first-order valence-corrected chi connectivity index (χ1v) is 12.0. The van der Waals surface area contributed by atoms with Crippen LogP contribution in [0.4, 0.5) is 8.78 Å². The summed E-state index contributed by atoms with van der Waals surface area (Å²) in [5.74, 6) is -1.05. The van der Waals surface area contributed by atoms with Crippen LogP contribution in [-0.4, -0.2) is 54.7 Å². The molecule has 3 aliphatic rings. The predicted molar refractivity (Wildman–Crippen MR) is 110 cm³/mol. The molecule has 6 nitrogen and oxygen atoms in total. The highest BCUT2D eigenvalue weighted by molar-refractivity contribution is 7.89. The van der Waals surface area contributed by atoms with Crippen LogP contribution in [0.3, 0.4) is 0 Å². The van der Waals surface area contributed by atoms with Crippen LogP contribution in [0, 0.1) is 11.6 Å². The fraction of sp³-hybridized carbons (Fsp3) is 0.619. The van der Waals surface area contributed by atoms with Gasteiger partial charge in [0.05, 0.1) is 17.9 Å². The lowest BCUT2D eigenvalue weighted by Gasteiger charge is -2.41. The van der Waals surface area contributed by atoms with Crippen molar-refractivity contribution in [3.05, 3.63) is 46.8 Å². The van der Waals surface area contributed by atoms with Gasteiger partial charge in [-0.15, -0.1) is 0 Å². The molecule has 4 rings (SSSR count). The lowest BCUT2D eigenvalue weighted by molar-refractivity contribution is -0.0435. The van der Waals surface area contributed by atoms with E-state index in [1.165, 1.54) is 0 Å². The summed E-state index contributed by atoms with van der Waals surface area (Å²) in [6.45, 7) is 4.98. The van der Waals surface area contributed by atoms with Crippen LogP contribution in [0.2, 0.25) is 0 Å². The molecule has 3 heterocycles. The summed E-state index contributed by atoms with van der Waals surface area (Å²) in [5.41, 5.74) is 8.42. The van der Waals surface area contributed by atoms with Crippen LogP contribution < -0.4 is 5.73 Å². The zero-order valence-corrected chi connectivity index (χ0v) is 18.2. The minimum Gasteiger partial charge on any atom is -0.370 e. The molecule has 0 aromatic heterocycles. The molecule has 1 aromatic carbocycles. The highest BCUT2D eigenvalue weighted by Crippen LogP contribution is 2.40. The summed E-state index contributed by atoms with van der Waals surface area (Å²) >= 11 is 0. The number of nitrogens with zero attached hydrogens (tertiary/aromatic N) is 2. The van der Waals surface area contributed by atoms with E-state index < -0.39 is 39.1 Å². The summed E-state index contributed by atoms with van der Waals surface area (Å²) in [6, 6.07) is 2.82. The van der Waals surface area contributed by atoms with E-state index in [9.17, 15) is 17.2 Å². The number of benzene rings is 1. The first-order chi connectivity index (χ1) is 14.2. The van der Waals surface area contributed by atoms with Gasteiger partial charge in [0, 0.05) is 42.5 Å². The number of rotatable bonds is 4. The van der Waals surface area contributed by atoms with Crippen LogP contribution in [0.25, 0.3) is 0 Å². The van der Waals surface area contributed by atoms with Gasteiger partial charge in [-0.05, 0) is 51.3 Å². The number of hydrogen-bond donors (Lipinski definition) is 1. The van der Waals surface area contributed by atoms with E-state index in [0.717, 1.165) is 42.4 Å². The molecule has 2 N–H and O–H groups in total. The van der Waals surface area contributed by atoms with Crippen molar-refractivity contribution in [2.75, 3.05) is 19.7 Å². The Kier molecular flexibility index (Phi) is 5.80. The number of allylic oxidation sites excluding steroid dienone is 1. The molecule has 0 spiro atoms. The average Bonchev–Trinajstić information content (AvgIpc) is 3.14. The number of halogens is 2.